The largest absolute Gasteiger partial charge is 0.504 e. The molecule has 4 rings (SSSR count). The molecule has 0 saturated heterocycles. The van der Waals surface area contributed by atoms with Crippen molar-refractivity contribution in [3.8, 4) is 28.6 Å². The molecule has 2 N–H and O–H groups in total. The minimum absolute atomic E-state index is 0.0444. The number of rotatable bonds is 4. The molecule has 1 atom stereocenters. The van der Waals surface area contributed by atoms with Crippen LogP contribution in [-0.2, 0) is 0 Å². The highest BCUT2D eigenvalue weighted by Crippen LogP contribution is 2.42. The van der Waals surface area contributed by atoms with Gasteiger partial charge in [-0.05, 0) is 42.0 Å². The van der Waals surface area contributed by atoms with Gasteiger partial charge in [-0.1, -0.05) is 17.8 Å². The van der Waals surface area contributed by atoms with E-state index in [9.17, 15) is 5.11 Å². The fraction of sp³-hybridized carbons (Fsp3) is 0.176. The van der Waals surface area contributed by atoms with E-state index >= 15 is 0 Å². The first-order chi connectivity index (χ1) is 12.2. The summed E-state index contributed by atoms with van der Waals surface area (Å²) in [6, 6.07) is 13.0. The van der Waals surface area contributed by atoms with E-state index in [2.05, 4.69) is 15.6 Å². The maximum Gasteiger partial charge on any atom is 0.212 e. The molecule has 128 valence electrons. The van der Waals surface area contributed by atoms with Crippen molar-refractivity contribution in [1.82, 2.24) is 14.9 Å². The average Bonchev–Trinajstić information content (AvgIpc) is 3.23. The molecule has 2 aromatic carbocycles. The first-order valence-corrected chi connectivity index (χ1v) is 8.47. The van der Waals surface area contributed by atoms with Gasteiger partial charge in [0.2, 0.25) is 5.16 Å². The summed E-state index contributed by atoms with van der Waals surface area (Å²) in [7, 11) is 3.17. The molecule has 0 aliphatic carbocycles. The van der Waals surface area contributed by atoms with Crippen LogP contribution < -0.4 is 14.9 Å². The zero-order chi connectivity index (χ0) is 17.4. The van der Waals surface area contributed by atoms with Crippen LogP contribution in [0.15, 0.2) is 47.6 Å². The highest BCUT2D eigenvalue weighted by atomic mass is 32.2. The lowest BCUT2D eigenvalue weighted by atomic mass is 10.2. The monoisotopic (exact) mass is 356 g/mol. The number of aromatic hydroxyl groups is 1. The minimum atomic E-state index is -0.0444. The van der Waals surface area contributed by atoms with E-state index in [1.807, 2.05) is 41.1 Å². The predicted molar refractivity (Wildman–Crippen MR) is 94.6 cm³/mol. The topological polar surface area (TPSA) is 81.4 Å². The highest BCUT2D eigenvalue weighted by Gasteiger charge is 2.28. The number of nitrogens with one attached hydrogen (secondary N) is 1. The zero-order valence-corrected chi connectivity index (χ0v) is 14.4. The molecular weight excluding hydrogens is 340 g/mol. The van der Waals surface area contributed by atoms with Crippen molar-refractivity contribution < 1.29 is 14.6 Å². The van der Waals surface area contributed by atoms with Gasteiger partial charge in [0.15, 0.2) is 17.3 Å². The predicted octanol–water partition coefficient (Wildman–Crippen LogP) is 3.02. The lowest BCUT2D eigenvalue weighted by molar-refractivity contribution is 0.373. The molecule has 3 aromatic rings. The summed E-state index contributed by atoms with van der Waals surface area (Å²) >= 11 is 1.55. The summed E-state index contributed by atoms with van der Waals surface area (Å²) in [5, 5.41) is 19.0. The molecule has 7 nitrogen and oxygen atoms in total. The first kappa shape index (κ1) is 15.6. The Morgan fingerprint density at radius 2 is 1.88 bits per heavy atom. The van der Waals surface area contributed by atoms with Crippen LogP contribution in [0.5, 0.6) is 17.2 Å². The molecule has 0 unspecified atom stereocenters. The molecule has 1 aliphatic heterocycles. The van der Waals surface area contributed by atoms with Gasteiger partial charge >= 0.3 is 0 Å². The summed E-state index contributed by atoms with van der Waals surface area (Å²) in [6.07, 6.45) is 0. The summed E-state index contributed by atoms with van der Waals surface area (Å²) in [5.74, 6) is 2.09. The van der Waals surface area contributed by atoms with E-state index in [0.29, 0.717) is 5.75 Å². The van der Waals surface area contributed by atoms with Gasteiger partial charge in [0, 0.05) is 5.56 Å². The van der Waals surface area contributed by atoms with E-state index in [1.165, 1.54) is 7.11 Å². The second-order valence-electron chi connectivity index (χ2n) is 5.43. The maximum absolute atomic E-state index is 9.76. The van der Waals surface area contributed by atoms with Crippen molar-refractivity contribution in [3.63, 3.8) is 0 Å². The fourth-order valence-electron chi connectivity index (χ4n) is 2.64. The third-order valence-electron chi connectivity index (χ3n) is 3.96. The quantitative estimate of drug-likeness (QED) is 0.743. The lowest BCUT2D eigenvalue weighted by Crippen LogP contribution is -2.13. The van der Waals surface area contributed by atoms with Crippen molar-refractivity contribution in [1.29, 1.82) is 0 Å². The van der Waals surface area contributed by atoms with E-state index in [-0.39, 0.29) is 11.1 Å². The molecule has 25 heavy (non-hydrogen) atoms. The zero-order valence-electron chi connectivity index (χ0n) is 13.6. The smallest absolute Gasteiger partial charge is 0.212 e. The Balaban J connectivity index is 1.62. The molecule has 0 saturated carbocycles. The van der Waals surface area contributed by atoms with Crippen LogP contribution >= 0.6 is 11.8 Å². The Kier molecular flexibility index (Phi) is 3.89. The normalized spacial score (nSPS) is 15.5. The number of methoxy groups -OCH3 is 2. The Morgan fingerprint density at radius 1 is 1.08 bits per heavy atom. The first-order valence-electron chi connectivity index (χ1n) is 7.59. The van der Waals surface area contributed by atoms with Gasteiger partial charge in [-0.15, -0.1) is 10.2 Å². The molecule has 1 aliphatic rings. The Hall–Kier alpha value is -2.87. The summed E-state index contributed by atoms with van der Waals surface area (Å²) in [6.45, 7) is 0. The minimum Gasteiger partial charge on any atom is -0.504 e. The molecule has 2 heterocycles. The summed E-state index contributed by atoms with van der Waals surface area (Å²) in [4.78, 5) is 0. The molecule has 8 heteroatoms. The van der Waals surface area contributed by atoms with Crippen LogP contribution in [-0.4, -0.2) is 34.2 Å². The number of hydrogen-bond donors (Lipinski definition) is 2. The highest BCUT2D eigenvalue weighted by molar-refractivity contribution is 7.99. The standard InChI is InChI=1S/C17H16N4O3S/c1-23-12-6-3-10(4-7-12)15-18-19-17-21(15)20-16(25-17)11-5-8-13(22)14(9-11)24-2/h3-9,16,20,22H,1-2H3/t16-/m1/s1. The molecule has 0 amide bonds. The van der Waals surface area contributed by atoms with Gasteiger partial charge in [-0.25, -0.2) is 4.68 Å². The summed E-state index contributed by atoms with van der Waals surface area (Å²) in [5.41, 5.74) is 5.30. The van der Waals surface area contributed by atoms with Gasteiger partial charge < -0.3 is 20.0 Å². The van der Waals surface area contributed by atoms with E-state index in [0.717, 1.165) is 27.9 Å². The number of nitrogens with zero attached hydrogens (tertiary/aromatic N) is 3. The molecule has 0 spiro atoms. The molecule has 0 radical (unpaired) electrons. The summed E-state index contributed by atoms with van der Waals surface area (Å²) < 4.78 is 12.2. The third-order valence-corrected chi connectivity index (χ3v) is 5.05. The second-order valence-corrected chi connectivity index (χ2v) is 6.50. The fourth-order valence-corrected chi connectivity index (χ4v) is 3.62. The Morgan fingerprint density at radius 3 is 2.60 bits per heavy atom. The molecular formula is C17H16N4O3S. The van der Waals surface area contributed by atoms with Crippen molar-refractivity contribution in [2.45, 2.75) is 10.5 Å². The number of aromatic nitrogens is 3. The van der Waals surface area contributed by atoms with Crippen LogP contribution in [0.2, 0.25) is 0 Å². The van der Waals surface area contributed by atoms with E-state index in [4.69, 9.17) is 9.47 Å². The molecule has 1 aromatic heterocycles. The van der Waals surface area contributed by atoms with Crippen LogP contribution in [0.1, 0.15) is 10.9 Å². The SMILES string of the molecule is COc1ccc(-c2nnc3n2N[C@@H](c2ccc(O)c(OC)c2)S3)cc1. The van der Waals surface area contributed by atoms with Crippen molar-refractivity contribution in [2.24, 2.45) is 0 Å². The van der Waals surface area contributed by atoms with Gasteiger partial charge in [-0.3, -0.25) is 0 Å². The van der Waals surface area contributed by atoms with Gasteiger partial charge in [0.25, 0.3) is 0 Å². The van der Waals surface area contributed by atoms with Crippen LogP contribution in [0, 0.1) is 0 Å². The van der Waals surface area contributed by atoms with Crippen LogP contribution in [0.3, 0.4) is 0 Å². The van der Waals surface area contributed by atoms with Gasteiger partial charge in [0.1, 0.15) is 11.1 Å². The Bertz CT molecular complexity index is 911. The van der Waals surface area contributed by atoms with E-state index < -0.39 is 0 Å². The number of phenols is 1. The molecule has 0 fully saturated rings. The second kappa shape index (κ2) is 6.21. The average molecular weight is 356 g/mol. The van der Waals surface area contributed by atoms with Crippen molar-refractivity contribution in [3.05, 3.63) is 48.0 Å². The Labute approximate surface area is 148 Å². The number of phenolic OH excluding ortho intramolecular Hbond substituents is 1. The van der Waals surface area contributed by atoms with E-state index in [1.54, 1.807) is 24.9 Å². The van der Waals surface area contributed by atoms with Gasteiger partial charge in [-0.2, -0.15) is 0 Å². The number of benzene rings is 2. The lowest BCUT2D eigenvalue weighted by Gasteiger charge is -2.14. The number of hydrogen-bond acceptors (Lipinski definition) is 7. The van der Waals surface area contributed by atoms with Crippen LogP contribution in [0.4, 0.5) is 0 Å². The van der Waals surface area contributed by atoms with Crippen molar-refractivity contribution >= 4 is 11.8 Å². The van der Waals surface area contributed by atoms with Gasteiger partial charge in [0.05, 0.1) is 14.2 Å². The van der Waals surface area contributed by atoms with Crippen molar-refractivity contribution in [2.75, 3.05) is 19.6 Å². The number of ether oxygens (including phenoxy) is 2. The molecule has 0 bridgehead atoms. The maximum atomic E-state index is 9.76. The number of fused-ring (bicyclic) bond motifs is 1. The van der Waals surface area contributed by atoms with Crippen LogP contribution in [0.25, 0.3) is 11.4 Å². The third kappa shape index (κ3) is 2.74. The number of thioether (sulfide) groups is 1.